The molecular formula is C10H10ClN3O. The SMILES string of the molecule is CC(C)c1noc(-c2ccc(Cl)nc2)n1. The number of halogens is 1. The molecule has 2 aromatic rings. The average Bonchev–Trinajstić information content (AvgIpc) is 2.68. The van der Waals surface area contributed by atoms with E-state index in [1.807, 2.05) is 13.8 Å². The predicted octanol–water partition coefficient (Wildman–Crippen LogP) is 2.91. The zero-order chi connectivity index (χ0) is 10.8. The van der Waals surface area contributed by atoms with Gasteiger partial charge in [-0.25, -0.2) is 4.98 Å². The van der Waals surface area contributed by atoms with Gasteiger partial charge in [0.15, 0.2) is 5.82 Å². The maximum absolute atomic E-state index is 5.68. The topological polar surface area (TPSA) is 51.8 Å². The number of nitrogens with zero attached hydrogens (tertiary/aromatic N) is 3. The molecule has 15 heavy (non-hydrogen) atoms. The lowest BCUT2D eigenvalue weighted by molar-refractivity contribution is 0.419. The molecule has 0 aromatic carbocycles. The third-order valence-corrected chi connectivity index (χ3v) is 2.16. The molecule has 78 valence electrons. The van der Waals surface area contributed by atoms with Crippen molar-refractivity contribution in [2.24, 2.45) is 0 Å². The Labute approximate surface area is 92.3 Å². The summed E-state index contributed by atoms with van der Waals surface area (Å²) < 4.78 is 5.11. The van der Waals surface area contributed by atoms with E-state index in [0.717, 1.165) is 5.56 Å². The van der Waals surface area contributed by atoms with Crippen LogP contribution in [0.15, 0.2) is 22.9 Å². The first-order valence-corrected chi connectivity index (χ1v) is 5.00. The van der Waals surface area contributed by atoms with Crippen LogP contribution in [0.1, 0.15) is 25.6 Å². The minimum atomic E-state index is 0.253. The fourth-order valence-electron chi connectivity index (χ4n) is 1.09. The van der Waals surface area contributed by atoms with E-state index in [9.17, 15) is 0 Å². The largest absolute Gasteiger partial charge is 0.334 e. The molecule has 2 rings (SSSR count). The van der Waals surface area contributed by atoms with Crippen molar-refractivity contribution in [2.75, 3.05) is 0 Å². The van der Waals surface area contributed by atoms with E-state index in [1.54, 1.807) is 18.3 Å². The molecule has 0 aliphatic heterocycles. The quantitative estimate of drug-likeness (QED) is 0.735. The lowest BCUT2D eigenvalue weighted by Gasteiger charge is -1.93. The fraction of sp³-hybridized carbons (Fsp3) is 0.300. The number of hydrogen-bond donors (Lipinski definition) is 0. The summed E-state index contributed by atoms with van der Waals surface area (Å²) >= 11 is 5.68. The summed E-state index contributed by atoms with van der Waals surface area (Å²) in [6.45, 7) is 4.02. The lowest BCUT2D eigenvalue weighted by atomic mass is 10.2. The second-order valence-electron chi connectivity index (χ2n) is 3.48. The second kappa shape index (κ2) is 3.98. The van der Waals surface area contributed by atoms with Gasteiger partial charge in [0.25, 0.3) is 5.89 Å². The number of aromatic nitrogens is 3. The van der Waals surface area contributed by atoms with Crippen molar-refractivity contribution in [3.8, 4) is 11.5 Å². The van der Waals surface area contributed by atoms with Gasteiger partial charge in [-0.1, -0.05) is 30.6 Å². The van der Waals surface area contributed by atoms with E-state index >= 15 is 0 Å². The summed E-state index contributed by atoms with van der Waals surface area (Å²) in [5.41, 5.74) is 0.777. The van der Waals surface area contributed by atoms with Gasteiger partial charge in [-0.15, -0.1) is 0 Å². The first-order valence-electron chi connectivity index (χ1n) is 4.62. The molecule has 2 heterocycles. The van der Waals surface area contributed by atoms with Crippen LogP contribution in [-0.4, -0.2) is 15.1 Å². The van der Waals surface area contributed by atoms with Gasteiger partial charge in [0.1, 0.15) is 5.15 Å². The molecule has 0 atom stereocenters. The summed E-state index contributed by atoms with van der Waals surface area (Å²) in [6, 6.07) is 3.49. The van der Waals surface area contributed by atoms with E-state index in [2.05, 4.69) is 15.1 Å². The zero-order valence-electron chi connectivity index (χ0n) is 8.44. The molecule has 0 saturated carbocycles. The van der Waals surface area contributed by atoms with Crippen molar-refractivity contribution in [1.29, 1.82) is 0 Å². The van der Waals surface area contributed by atoms with Crippen molar-refractivity contribution in [2.45, 2.75) is 19.8 Å². The highest BCUT2D eigenvalue weighted by Crippen LogP contribution is 2.19. The Morgan fingerprint density at radius 2 is 2.13 bits per heavy atom. The minimum Gasteiger partial charge on any atom is -0.334 e. The lowest BCUT2D eigenvalue weighted by Crippen LogP contribution is -1.89. The highest BCUT2D eigenvalue weighted by molar-refractivity contribution is 6.29. The minimum absolute atomic E-state index is 0.253. The maximum Gasteiger partial charge on any atom is 0.259 e. The first-order chi connectivity index (χ1) is 7.16. The van der Waals surface area contributed by atoms with Crippen molar-refractivity contribution < 1.29 is 4.52 Å². The van der Waals surface area contributed by atoms with E-state index in [0.29, 0.717) is 16.9 Å². The molecular weight excluding hydrogens is 214 g/mol. The molecule has 0 aliphatic rings. The van der Waals surface area contributed by atoms with Crippen LogP contribution in [0.25, 0.3) is 11.5 Å². The average molecular weight is 224 g/mol. The molecule has 0 fully saturated rings. The molecule has 0 amide bonds. The summed E-state index contributed by atoms with van der Waals surface area (Å²) in [4.78, 5) is 8.20. The van der Waals surface area contributed by atoms with Gasteiger partial charge in [-0.2, -0.15) is 4.98 Å². The summed E-state index contributed by atoms with van der Waals surface area (Å²) in [5.74, 6) is 1.42. The molecule has 2 aromatic heterocycles. The fourth-order valence-corrected chi connectivity index (χ4v) is 1.20. The second-order valence-corrected chi connectivity index (χ2v) is 3.87. The zero-order valence-corrected chi connectivity index (χ0v) is 9.19. The molecule has 0 spiro atoms. The van der Waals surface area contributed by atoms with E-state index in [-0.39, 0.29) is 5.92 Å². The number of pyridine rings is 1. The molecule has 4 nitrogen and oxygen atoms in total. The summed E-state index contributed by atoms with van der Waals surface area (Å²) in [7, 11) is 0. The Balaban J connectivity index is 2.33. The molecule has 0 bridgehead atoms. The summed E-state index contributed by atoms with van der Waals surface area (Å²) in [6.07, 6.45) is 1.61. The van der Waals surface area contributed by atoms with Crippen LogP contribution >= 0.6 is 11.6 Å². The van der Waals surface area contributed by atoms with Crippen LogP contribution in [0.3, 0.4) is 0 Å². The number of hydrogen-bond acceptors (Lipinski definition) is 4. The van der Waals surface area contributed by atoms with Crippen molar-refractivity contribution in [3.05, 3.63) is 29.3 Å². The molecule has 0 aliphatic carbocycles. The van der Waals surface area contributed by atoms with Gasteiger partial charge in [-0.05, 0) is 12.1 Å². The highest BCUT2D eigenvalue weighted by Gasteiger charge is 2.11. The first kappa shape index (κ1) is 10.1. The Morgan fingerprint density at radius 3 is 2.67 bits per heavy atom. The normalized spacial score (nSPS) is 10.9. The highest BCUT2D eigenvalue weighted by atomic mass is 35.5. The van der Waals surface area contributed by atoms with Crippen LogP contribution < -0.4 is 0 Å². The van der Waals surface area contributed by atoms with Gasteiger partial charge < -0.3 is 4.52 Å². The third-order valence-electron chi connectivity index (χ3n) is 1.93. The van der Waals surface area contributed by atoms with Gasteiger partial charge in [0, 0.05) is 12.1 Å². The van der Waals surface area contributed by atoms with Crippen LogP contribution in [0, 0.1) is 0 Å². The van der Waals surface area contributed by atoms with Gasteiger partial charge in [0.05, 0.1) is 5.56 Å². The van der Waals surface area contributed by atoms with Gasteiger partial charge >= 0.3 is 0 Å². The Morgan fingerprint density at radius 1 is 1.33 bits per heavy atom. The predicted molar refractivity (Wildman–Crippen MR) is 56.6 cm³/mol. The monoisotopic (exact) mass is 223 g/mol. The smallest absolute Gasteiger partial charge is 0.259 e. The standard InChI is InChI=1S/C10H10ClN3O/c1-6(2)9-13-10(15-14-9)7-3-4-8(11)12-5-7/h3-6H,1-2H3. The molecule has 5 heteroatoms. The van der Waals surface area contributed by atoms with E-state index in [1.165, 1.54) is 0 Å². The number of rotatable bonds is 2. The molecule has 0 unspecified atom stereocenters. The maximum atomic E-state index is 5.68. The van der Waals surface area contributed by atoms with Gasteiger partial charge in [0.2, 0.25) is 0 Å². The van der Waals surface area contributed by atoms with Crippen LogP contribution in [0.4, 0.5) is 0 Å². The Bertz CT molecular complexity index is 450. The van der Waals surface area contributed by atoms with Crippen molar-refractivity contribution in [3.63, 3.8) is 0 Å². The van der Waals surface area contributed by atoms with Crippen molar-refractivity contribution >= 4 is 11.6 Å². The van der Waals surface area contributed by atoms with Crippen LogP contribution in [0.5, 0.6) is 0 Å². The van der Waals surface area contributed by atoms with Crippen molar-refractivity contribution in [1.82, 2.24) is 15.1 Å². The van der Waals surface area contributed by atoms with E-state index in [4.69, 9.17) is 16.1 Å². The molecule has 0 saturated heterocycles. The van der Waals surface area contributed by atoms with Gasteiger partial charge in [-0.3, -0.25) is 0 Å². The van der Waals surface area contributed by atoms with Crippen LogP contribution in [-0.2, 0) is 0 Å². The summed E-state index contributed by atoms with van der Waals surface area (Å²) in [5, 5.41) is 4.31. The molecule has 0 radical (unpaired) electrons. The molecule has 0 N–H and O–H groups in total. The van der Waals surface area contributed by atoms with E-state index < -0.39 is 0 Å². The third kappa shape index (κ3) is 2.15. The Hall–Kier alpha value is -1.42. The van der Waals surface area contributed by atoms with Crippen LogP contribution in [0.2, 0.25) is 5.15 Å². The Kier molecular flexibility index (Phi) is 2.68.